The van der Waals surface area contributed by atoms with E-state index in [0.717, 1.165) is 45.8 Å². The van der Waals surface area contributed by atoms with E-state index in [0.29, 0.717) is 6.04 Å². The van der Waals surface area contributed by atoms with Crippen LogP contribution in [0.1, 0.15) is 32.6 Å². The molecule has 84 valence electrons. The standard InChI is InChI=1S/C11H23NO2/c1-2-7-13-9-4-6-12-11-5-3-8-14-10-11/h11-12H,2-10H2,1H3. The van der Waals surface area contributed by atoms with Crippen molar-refractivity contribution in [3.8, 4) is 0 Å². The highest BCUT2D eigenvalue weighted by atomic mass is 16.5. The summed E-state index contributed by atoms with van der Waals surface area (Å²) in [7, 11) is 0. The normalized spacial score (nSPS) is 22.5. The van der Waals surface area contributed by atoms with Gasteiger partial charge >= 0.3 is 0 Å². The Kier molecular flexibility index (Phi) is 7.01. The van der Waals surface area contributed by atoms with Crippen molar-refractivity contribution in [2.45, 2.75) is 38.6 Å². The summed E-state index contributed by atoms with van der Waals surface area (Å²) in [5, 5.41) is 3.49. The van der Waals surface area contributed by atoms with Crippen molar-refractivity contribution in [1.82, 2.24) is 5.32 Å². The third-order valence-electron chi connectivity index (χ3n) is 2.41. The van der Waals surface area contributed by atoms with Crippen molar-refractivity contribution in [2.75, 3.05) is 33.0 Å². The van der Waals surface area contributed by atoms with E-state index in [1.807, 2.05) is 0 Å². The molecule has 1 rings (SSSR count). The minimum atomic E-state index is 0.579. The first-order valence-corrected chi connectivity index (χ1v) is 5.82. The van der Waals surface area contributed by atoms with E-state index < -0.39 is 0 Å². The zero-order valence-electron chi connectivity index (χ0n) is 9.26. The number of hydrogen-bond acceptors (Lipinski definition) is 3. The molecular formula is C11H23NO2. The van der Waals surface area contributed by atoms with Gasteiger partial charge in [-0.25, -0.2) is 0 Å². The molecule has 0 aliphatic carbocycles. The van der Waals surface area contributed by atoms with Crippen LogP contribution in [0, 0.1) is 0 Å². The van der Waals surface area contributed by atoms with Gasteiger partial charge in [-0.1, -0.05) is 6.92 Å². The molecule has 0 bridgehead atoms. The van der Waals surface area contributed by atoms with Crippen LogP contribution in [0.3, 0.4) is 0 Å². The van der Waals surface area contributed by atoms with E-state index in [1.165, 1.54) is 12.8 Å². The molecule has 1 saturated heterocycles. The van der Waals surface area contributed by atoms with E-state index in [1.54, 1.807) is 0 Å². The average molecular weight is 201 g/mol. The quantitative estimate of drug-likeness (QED) is 0.634. The summed E-state index contributed by atoms with van der Waals surface area (Å²) in [4.78, 5) is 0. The van der Waals surface area contributed by atoms with Crippen LogP contribution in [-0.2, 0) is 9.47 Å². The summed E-state index contributed by atoms with van der Waals surface area (Å²) in [5.74, 6) is 0. The Bertz CT molecular complexity index is 124. The van der Waals surface area contributed by atoms with Crippen LogP contribution in [0.25, 0.3) is 0 Å². The van der Waals surface area contributed by atoms with Crippen molar-refractivity contribution in [1.29, 1.82) is 0 Å². The van der Waals surface area contributed by atoms with Crippen LogP contribution in [0.15, 0.2) is 0 Å². The maximum atomic E-state index is 5.40. The third kappa shape index (κ3) is 5.58. The molecule has 1 atom stereocenters. The lowest BCUT2D eigenvalue weighted by atomic mass is 10.1. The molecule has 0 amide bonds. The fraction of sp³-hybridized carbons (Fsp3) is 1.00. The van der Waals surface area contributed by atoms with Crippen LogP contribution in [0.4, 0.5) is 0 Å². The Hall–Kier alpha value is -0.120. The predicted octanol–water partition coefficient (Wildman–Crippen LogP) is 1.57. The lowest BCUT2D eigenvalue weighted by Gasteiger charge is -2.23. The second-order valence-corrected chi connectivity index (χ2v) is 3.83. The zero-order valence-corrected chi connectivity index (χ0v) is 9.26. The minimum Gasteiger partial charge on any atom is -0.381 e. The molecule has 0 aromatic rings. The van der Waals surface area contributed by atoms with Gasteiger partial charge in [0.1, 0.15) is 0 Å². The van der Waals surface area contributed by atoms with Gasteiger partial charge in [-0.05, 0) is 32.2 Å². The second-order valence-electron chi connectivity index (χ2n) is 3.83. The fourth-order valence-corrected chi connectivity index (χ4v) is 1.63. The van der Waals surface area contributed by atoms with Crippen molar-refractivity contribution in [3.05, 3.63) is 0 Å². The van der Waals surface area contributed by atoms with Crippen LogP contribution in [0.5, 0.6) is 0 Å². The molecule has 14 heavy (non-hydrogen) atoms. The Balaban J connectivity index is 1.82. The summed E-state index contributed by atoms with van der Waals surface area (Å²) in [5.41, 5.74) is 0. The third-order valence-corrected chi connectivity index (χ3v) is 2.41. The Morgan fingerprint density at radius 3 is 3.07 bits per heavy atom. The summed E-state index contributed by atoms with van der Waals surface area (Å²) in [6.45, 7) is 6.80. The molecule has 0 radical (unpaired) electrons. The average Bonchev–Trinajstić information content (AvgIpc) is 2.25. The lowest BCUT2D eigenvalue weighted by molar-refractivity contribution is 0.0687. The van der Waals surface area contributed by atoms with Crippen LogP contribution in [-0.4, -0.2) is 39.0 Å². The highest BCUT2D eigenvalue weighted by Crippen LogP contribution is 2.05. The van der Waals surface area contributed by atoms with Gasteiger partial charge in [-0.3, -0.25) is 0 Å². The first kappa shape index (κ1) is 12.0. The van der Waals surface area contributed by atoms with Gasteiger partial charge in [0.15, 0.2) is 0 Å². The molecule has 3 nitrogen and oxygen atoms in total. The molecular weight excluding hydrogens is 178 g/mol. The molecule has 1 fully saturated rings. The summed E-state index contributed by atoms with van der Waals surface area (Å²) in [6, 6.07) is 0.579. The first-order chi connectivity index (χ1) is 6.93. The molecule has 3 heteroatoms. The molecule has 1 heterocycles. The van der Waals surface area contributed by atoms with E-state index in [2.05, 4.69) is 12.2 Å². The SMILES string of the molecule is CCCOCCCNC1CCCOC1. The largest absolute Gasteiger partial charge is 0.381 e. The van der Waals surface area contributed by atoms with E-state index in [4.69, 9.17) is 9.47 Å². The molecule has 1 unspecified atom stereocenters. The zero-order chi connectivity index (χ0) is 10.1. The fourth-order valence-electron chi connectivity index (χ4n) is 1.63. The monoisotopic (exact) mass is 201 g/mol. The second kappa shape index (κ2) is 8.21. The van der Waals surface area contributed by atoms with Crippen molar-refractivity contribution in [2.24, 2.45) is 0 Å². The first-order valence-electron chi connectivity index (χ1n) is 5.82. The van der Waals surface area contributed by atoms with Gasteiger partial charge in [-0.15, -0.1) is 0 Å². The van der Waals surface area contributed by atoms with Crippen LogP contribution >= 0.6 is 0 Å². The molecule has 1 N–H and O–H groups in total. The van der Waals surface area contributed by atoms with E-state index in [-0.39, 0.29) is 0 Å². The van der Waals surface area contributed by atoms with Gasteiger partial charge < -0.3 is 14.8 Å². The number of hydrogen-bond donors (Lipinski definition) is 1. The summed E-state index contributed by atoms with van der Waals surface area (Å²) >= 11 is 0. The van der Waals surface area contributed by atoms with Crippen molar-refractivity contribution in [3.63, 3.8) is 0 Å². The van der Waals surface area contributed by atoms with E-state index >= 15 is 0 Å². The van der Waals surface area contributed by atoms with Crippen LogP contribution in [0.2, 0.25) is 0 Å². The maximum Gasteiger partial charge on any atom is 0.0619 e. The van der Waals surface area contributed by atoms with Gasteiger partial charge in [0, 0.05) is 25.9 Å². The maximum absolute atomic E-state index is 5.40. The van der Waals surface area contributed by atoms with Gasteiger partial charge in [0.05, 0.1) is 6.61 Å². The molecule has 0 aromatic heterocycles. The topological polar surface area (TPSA) is 30.5 Å². The number of rotatable bonds is 7. The molecule has 0 spiro atoms. The molecule has 1 aliphatic rings. The molecule has 1 aliphatic heterocycles. The molecule has 0 saturated carbocycles. The van der Waals surface area contributed by atoms with Crippen molar-refractivity contribution < 1.29 is 9.47 Å². The Labute approximate surface area is 87.2 Å². The summed E-state index contributed by atoms with van der Waals surface area (Å²) in [6.07, 6.45) is 4.68. The summed E-state index contributed by atoms with van der Waals surface area (Å²) < 4.78 is 10.8. The highest BCUT2D eigenvalue weighted by Gasteiger charge is 2.11. The minimum absolute atomic E-state index is 0.579. The van der Waals surface area contributed by atoms with Gasteiger partial charge in [0.25, 0.3) is 0 Å². The van der Waals surface area contributed by atoms with E-state index in [9.17, 15) is 0 Å². The lowest BCUT2D eigenvalue weighted by Crippen LogP contribution is -2.37. The van der Waals surface area contributed by atoms with Gasteiger partial charge in [0.2, 0.25) is 0 Å². The van der Waals surface area contributed by atoms with Crippen molar-refractivity contribution >= 4 is 0 Å². The van der Waals surface area contributed by atoms with Gasteiger partial charge in [-0.2, -0.15) is 0 Å². The molecule has 0 aromatic carbocycles. The predicted molar refractivity (Wildman–Crippen MR) is 57.6 cm³/mol. The Morgan fingerprint density at radius 2 is 2.36 bits per heavy atom. The Morgan fingerprint density at radius 1 is 1.43 bits per heavy atom. The number of nitrogens with one attached hydrogen (secondary N) is 1. The number of ether oxygens (including phenoxy) is 2. The van der Waals surface area contributed by atoms with Crippen LogP contribution < -0.4 is 5.32 Å². The smallest absolute Gasteiger partial charge is 0.0619 e. The highest BCUT2D eigenvalue weighted by molar-refractivity contribution is 4.69.